The van der Waals surface area contributed by atoms with Crippen LogP contribution in [0.4, 0.5) is 0 Å². The van der Waals surface area contributed by atoms with E-state index in [0.717, 1.165) is 29.7 Å². The number of hydrogen-bond acceptors (Lipinski definition) is 10. The molecule has 1 unspecified atom stereocenters. The molecule has 0 aliphatic rings. The van der Waals surface area contributed by atoms with Gasteiger partial charge in [-0.05, 0) is 56.3 Å². The number of hydrogen-bond donors (Lipinski definition) is 0. The molecule has 0 amide bonds. The molecule has 0 fully saturated rings. The van der Waals surface area contributed by atoms with Crippen molar-refractivity contribution >= 4 is 11.9 Å². The minimum absolute atomic E-state index is 0.126. The van der Waals surface area contributed by atoms with Crippen molar-refractivity contribution < 1.29 is 38.5 Å². The minimum atomic E-state index is -1.08. The van der Waals surface area contributed by atoms with Crippen LogP contribution in [0.1, 0.15) is 24.0 Å². The third kappa shape index (κ3) is 11.0. The van der Waals surface area contributed by atoms with E-state index in [-0.39, 0.29) is 19.4 Å². The lowest BCUT2D eigenvalue weighted by atomic mass is 10.0. The standard InChI is InChI=1S/C25H32N2O9/c1-26(2)16-22(36-25(29)14-13-24(28)34-18-35-27(30)31)17-33-23-10-5-4-8-20(23)12-11-19-7-6-9-21(15-19)32-3/h4-10,15,22H,11-14,16-18H2,1-3H3. The zero-order valence-electron chi connectivity index (χ0n) is 20.7. The summed E-state index contributed by atoms with van der Waals surface area (Å²) in [7, 11) is 5.32. The Hall–Kier alpha value is -3.86. The van der Waals surface area contributed by atoms with Crippen LogP contribution in [0, 0.1) is 10.1 Å². The number of esters is 2. The molecule has 0 aliphatic heterocycles. The van der Waals surface area contributed by atoms with Crippen LogP contribution in [-0.2, 0) is 36.7 Å². The van der Waals surface area contributed by atoms with Crippen LogP contribution < -0.4 is 9.47 Å². The Labute approximate surface area is 209 Å². The highest BCUT2D eigenvalue weighted by Gasteiger charge is 2.19. The van der Waals surface area contributed by atoms with Gasteiger partial charge in [0.25, 0.3) is 5.09 Å². The Morgan fingerprint density at radius 2 is 1.78 bits per heavy atom. The molecule has 2 aromatic rings. The van der Waals surface area contributed by atoms with Crippen LogP contribution in [0.5, 0.6) is 11.5 Å². The van der Waals surface area contributed by atoms with Crippen LogP contribution in [-0.4, -0.2) is 69.2 Å². The quantitative estimate of drug-likeness (QED) is 0.146. The van der Waals surface area contributed by atoms with Gasteiger partial charge in [0.2, 0.25) is 6.79 Å². The molecule has 1 atom stereocenters. The summed E-state index contributed by atoms with van der Waals surface area (Å²) in [5, 5.41) is 8.98. The van der Waals surface area contributed by atoms with Crippen molar-refractivity contribution in [3.05, 3.63) is 69.8 Å². The highest BCUT2D eigenvalue weighted by Crippen LogP contribution is 2.22. The Morgan fingerprint density at radius 3 is 2.50 bits per heavy atom. The number of rotatable bonds is 16. The Kier molecular flexibility index (Phi) is 12.0. The van der Waals surface area contributed by atoms with Crippen LogP contribution >= 0.6 is 0 Å². The van der Waals surface area contributed by atoms with E-state index in [1.165, 1.54) is 0 Å². The molecule has 36 heavy (non-hydrogen) atoms. The van der Waals surface area contributed by atoms with Crippen molar-refractivity contribution in [1.82, 2.24) is 4.90 Å². The number of carbonyl (C=O) groups excluding carboxylic acids is 2. The van der Waals surface area contributed by atoms with Gasteiger partial charge in [0, 0.05) is 6.54 Å². The molecule has 0 aromatic heterocycles. The monoisotopic (exact) mass is 504 g/mol. The number of methoxy groups -OCH3 is 1. The number of aryl methyl sites for hydroxylation is 2. The molecule has 196 valence electrons. The molecule has 2 rings (SSSR count). The van der Waals surface area contributed by atoms with Crippen molar-refractivity contribution in [3.63, 3.8) is 0 Å². The first-order valence-electron chi connectivity index (χ1n) is 11.4. The van der Waals surface area contributed by atoms with E-state index < -0.39 is 29.9 Å². The Morgan fingerprint density at radius 1 is 1.03 bits per heavy atom. The number of benzene rings is 2. The fraction of sp³-hybridized carbons (Fsp3) is 0.440. The molecule has 0 spiro atoms. The van der Waals surface area contributed by atoms with E-state index in [9.17, 15) is 19.7 Å². The fourth-order valence-electron chi connectivity index (χ4n) is 3.33. The third-order valence-electron chi connectivity index (χ3n) is 4.99. The summed E-state index contributed by atoms with van der Waals surface area (Å²) in [5.74, 6) is 0.0983. The molecule has 0 N–H and O–H groups in total. The van der Waals surface area contributed by atoms with Gasteiger partial charge in [-0.1, -0.05) is 30.3 Å². The van der Waals surface area contributed by atoms with E-state index in [1.807, 2.05) is 67.5 Å². The third-order valence-corrected chi connectivity index (χ3v) is 4.99. The molecular weight excluding hydrogens is 472 g/mol. The van der Waals surface area contributed by atoms with Gasteiger partial charge in [-0.3, -0.25) is 14.4 Å². The molecule has 0 saturated heterocycles. The van der Waals surface area contributed by atoms with Gasteiger partial charge in [-0.2, -0.15) is 0 Å². The van der Waals surface area contributed by atoms with E-state index >= 15 is 0 Å². The minimum Gasteiger partial charge on any atom is -0.497 e. The maximum absolute atomic E-state index is 12.3. The van der Waals surface area contributed by atoms with E-state index in [4.69, 9.17) is 14.2 Å². The molecule has 11 heteroatoms. The summed E-state index contributed by atoms with van der Waals surface area (Å²) in [4.78, 5) is 39.6. The highest BCUT2D eigenvalue weighted by molar-refractivity contribution is 5.77. The van der Waals surface area contributed by atoms with E-state index in [1.54, 1.807) is 7.11 Å². The topological polar surface area (TPSA) is 127 Å². The summed E-state index contributed by atoms with van der Waals surface area (Å²) in [6.07, 6.45) is 0.453. The summed E-state index contributed by atoms with van der Waals surface area (Å²) in [6.45, 7) is -0.282. The number of likely N-dealkylation sites (N-methyl/N-ethyl adjacent to an activating group) is 1. The second-order valence-corrected chi connectivity index (χ2v) is 8.13. The average Bonchev–Trinajstić information content (AvgIpc) is 2.85. The van der Waals surface area contributed by atoms with Gasteiger partial charge in [0.05, 0.1) is 20.0 Å². The van der Waals surface area contributed by atoms with E-state index in [0.29, 0.717) is 12.3 Å². The Balaban J connectivity index is 1.89. The first kappa shape index (κ1) is 28.4. The Bertz CT molecular complexity index is 997. The van der Waals surface area contributed by atoms with Crippen LogP contribution in [0.15, 0.2) is 48.5 Å². The normalized spacial score (nSPS) is 11.4. The van der Waals surface area contributed by atoms with Crippen molar-refractivity contribution in [3.8, 4) is 11.5 Å². The molecule has 0 radical (unpaired) electrons. The van der Waals surface area contributed by atoms with Crippen molar-refractivity contribution in [2.24, 2.45) is 0 Å². The van der Waals surface area contributed by atoms with E-state index in [2.05, 4.69) is 9.57 Å². The first-order chi connectivity index (χ1) is 17.3. The van der Waals surface area contributed by atoms with Crippen LogP contribution in [0.2, 0.25) is 0 Å². The molecule has 11 nitrogen and oxygen atoms in total. The fourth-order valence-corrected chi connectivity index (χ4v) is 3.33. The lowest BCUT2D eigenvalue weighted by molar-refractivity contribution is -0.765. The van der Waals surface area contributed by atoms with Gasteiger partial charge in [0.1, 0.15) is 24.2 Å². The largest absolute Gasteiger partial charge is 0.497 e. The van der Waals surface area contributed by atoms with Gasteiger partial charge >= 0.3 is 11.9 Å². The number of ether oxygens (including phenoxy) is 4. The average molecular weight is 505 g/mol. The second kappa shape index (κ2) is 15.2. The maximum atomic E-state index is 12.3. The van der Waals surface area contributed by atoms with Crippen molar-refractivity contribution in [2.75, 3.05) is 41.1 Å². The lowest BCUT2D eigenvalue weighted by Gasteiger charge is -2.22. The van der Waals surface area contributed by atoms with Gasteiger partial charge in [-0.25, -0.2) is 0 Å². The van der Waals surface area contributed by atoms with Gasteiger partial charge in [0.15, 0.2) is 0 Å². The summed E-state index contributed by atoms with van der Waals surface area (Å²) in [6, 6.07) is 15.6. The first-order valence-corrected chi connectivity index (χ1v) is 11.4. The maximum Gasteiger partial charge on any atom is 0.308 e. The summed E-state index contributed by atoms with van der Waals surface area (Å²) >= 11 is 0. The molecule has 0 heterocycles. The summed E-state index contributed by atoms with van der Waals surface area (Å²) in [5.41, 5.74) is 2.17. The predicted octanol–water partition coefficient (Wildman–Crippen LogP) is 2.82. The SMILES string of the molecule is COc1cccc(CCc2ccccc2OCC(CN(C)C)OC(=O)CCC(=O)OCO[N+](=O)[O-])c1. The smallest absolute Gasteiger partial charge is 0.308 e. The zero-order chi connectivity index (χ0) is 26.3. The predicted molar refractivity (Wildman–Crippen MR) is 129 cm³/mol. The molecule has 2 aromatic carbocycles. The van der Waals surface area contributed by atoms with Crippen molar-refractivity contribution in [2.45, 2.75) is 31.8 Å². The van der Waals surface area contributed by atoms with Gasteiger partial charge in [-0.15, -0.1) is 10.1 Å². The number of carbonyl (C=O) groups is 2. The zero-order valence-corrected chi connectivity index (χ0v) is 20.7. The highest BCUT2D eigenvalue weighted by atomic mass is 17.0. The van der Waals surface area contributed by atoms with Crippen LogP contribution in [0.25, 0.3) is 0 Å². The van der Waals surface area contributed by atoms with Crippen LogP contribution in [0.3, 0.4) is 0 Å². The lowest BCUT2D eigenvalue weighted by Crippen LogP contribution is -2.35. The molecule has 0 saturated carbocycles. The number of para-hydroxylation sites is 1. The molecular formula is C25H32N2O9. The van der Waals surface area contributed by atoms with Crippen molar-refractivity contribution in [1.29, 1.82) is 0 Å². The molecule has 0 bridgehead atoms. The number of nitrogens with zero attached hydrogens (tertiary/aromatic N) is 2. The summed E-state index contributed by atoms with van der Waals surface area (Å²) < 4.78 is 21.3. The van der Waals surface area contributed by atoms with Gasteiger partial charge < -0.3 is 23.8 Å². The molecule has 0 aliphatic carbocycles. The second-order valence-electron chi connectivity index (χ2n) is 8.13.